The van der Waals surface area contributed by atoms with Crippen LogP contribution in [0.4, 0.5) is 5.69 Å². The molecule has 0 bridgehead atoms. The summed E-state index contributed by atoms with van der Waals surface area (Å²) in [5.41, 5.74) is 2.92. The highest BCUT2D eigenvalue weighted by atomic mass is 16.4. The third-order valence-electron chi connectivity index (χ3n) is 5.14. The van der Waals surface area contributed by atoms with Crippen molar-refractivity contribution in [3.05, 3.63) is 65.7 Å². The van der Waals surface area contributed by atoms with Crippen LogP contribution in [0.2, 0.25) is 0 Å². The highest BCUT2D eigenvalue weighted by Gasteiger charge is 2.28. The van der Waals surface area contributed by atoms with Crippen LogP contribution in [-0.4, -0.2) is 41.5 Å². The van der Waals surface area contributed by atoms with Gasteiger partial charge in [0.15, 0.2) is 0 Å². The molecule has 1 atom stereocenters. The van der Waals surface area contributed by atoms with Crippen molar-refractivity contribution in [2.24, 2.45) is 5.92 Å². The molecule has 1 saturated heterocycles. The van der Waals surface area contributed by atoms with Gasteiger partial charge in [-0.3, -0.25) is 9.59 Å². The smallest absolute Gasteiger partial charge is 0.308 e. The van der Waals surface area contributed by atoms with Gasteiger partial charge >= 0.3 is 5.97 Å². The highest BCUT2D eigenvalue weighted by Crippen LogP contribution is 2.22. The quantitative estimate of drug-likeness (QED) is 0.848. The first-order chi connectivity index (χ1) is 13.1. The van der Waals surface area contributed by atoms with Crippen molar-refractivity contribution in [3.63, 3.8) is 0 Å². The van der Waals surface area contributed by atoms with Crippen molar-refractivity contribution in [2.45, 2.75) is 26.3 Å². The van der Waals surface area contributed by atoms with Gasteiger partial charge in [-0.05, 0) is 49.6 Å². The maximum absolute atomic E-state index is 12.7. The lowest BCUT2D eigenvalue weighted by Crippen LogP contribution is -2.42. The summed E-state index contributed by atoms with van der Waals surface area (Å²) in [5, 5.41) is 9.21. The Morgan fingerprint density at radius 3 is 2.44 bits per heavy atom. The molecule has 2 aromatic carbocycles. The lowest BCUT2D eigenvalue weighted by atomic mass is 9.97. The van der Waals surface area contributed by atoms with Crippen LogP contribution in [0, 0.1) is 5.92 Å². The van der Waals surface area contributed by atoms with Crippen molar-refractivity contribution in [1.82, 2.24) is 4.90 Å². The second-order valence-corrected chi connectivity index (χ2v) is 6.98. The van der Waals surface area contributed by atoms with E-state index in [1.54, 1.807) is 4.90 Å². The van der Waals surface area contributed by atoms with Crippen LogP contribution in [0.15, 0.2) is 54.6 Å². The number of amides is 1. The first kappa shape index (κ1) is 19.0. The molecule has 5 heteroatoms. The Morgan fingerprint density at radius 1 is 1.11 bits per heavy atom. The summed E-state index contributed by atoms with van der Waals surface area (Å²) < 4.78 is 0. The SMILES string of the molecule is CCN(Cc1ccccc1)c1ccc(C(=O)N2CCCC(C(=O)O)C2)cc1. The standard InChI is InChI=1S/C22H26N2O3/c1-2-23(15-17-7-4-3-5-8-17)20-12-10-18(11-13-20)21(25)24-14-6-9-19(16-24)22(26)27/h3-5,7-8,10-13,19H,2,6,9,14-16H2,1H3,(H,26,27). The van der Waals surface area contributed by atoms with Gasteiger partial charge in [0, 0.05) is 37.4 Å². The number of hydrogen-bond acceptors (Lipinski definition) is 3. The van der Waals surface area contributed by atoms with Gasteiger partial charge in [-0.2, -0.15) is 0 Å². The van der Waals surface area contributed by atoms with Gasteiger partial charge in [0.2, 0.25) is 0 Å². The molecule has 1 fully saturated rings. The molecule has 0 aromatic heterocycles. The first-order valence-corrected chi connectivity index (χ1v) is 9.49. The second kappa shape index (κ2) is 8.71. The van der Waals surface area contributed by atoms with E-state index in [0.29, 0.717) is 25.1 Å². The Hall–Kier alpha value is -2.82. The molecule has 1 unspecified atom stereocenters. The number of likely N-dealkylation sites (tertiary alicyclic amines) is 1. The van der Waals surface area contributed by atoms with Crippen LogP contribution < -0.4 is 4.90 Å². The summed E-state index contributed by atoms with van der Waals surface area (Å²) >= 11 is 0. The number of nitrogens with zero attached hydrogens (tertiary/aromatic N) is 2. The van der Waals surface area contributed by atoms with E-state index in [-0.39, 0.29) is 5.91 Å². The van der Waals surface area contributed by atoms with Gasteiger partial charge in [0.05, 0.1) is 5.92 Å². The van der Waals surface area contributed by atoms with E-state index < -0.39 is 11.9 Å². The largest absolute Gasteiger partial charge is 0.481 e. The fourth-order valence-corrected chi connectivity index (χ4v) is 3.55. The van der Waals surface area contributed by atoms with Crippen LogP contribution in [-0.2, 0) is 11.3 Å². The number of carbonyl (C=O) groups excluding carboxylic acids is 1. The van der Waals surface area contributed by atoms with Gasteiger partial charge in [0.1, 0.15) is 0 Å². The molecule has 3 rings (SSSR count). The van der Waals surface area contributed by atoms with E-state index in [4.69, 9.17) is 0 Å². The van der Waals surface area contributed by atoms with Gasteiger partial charge in [-0.25, -0.2) is 0 Å². The van der Waals surface area contributed by atoms with Crippen molar-refractivity contribution >= 4 is 17.6 Å². The third-order valence-corrected chi connectivity index (χ3v) is 5.14. The number of hydrogen-bond donors (Lipinski definition) is 1. The topological polar surface area (TPSA) is 60.9 Å². The minimum atomic E-state index is -0.817. The molecule has 1 amide bonds. The zero-order valence-corrected chi connectivity index (χ0v) is 15.7. The Kier molecular flexibility index (Phi) is 6.12. The summed E-state index contributed by atoms with van der Waals surface area (Å²) in [6.07, 6.45) is 1.38. The molecule has 1 aliphatic heterocycles. The van der Waals surface area contributed by atoms with E-state index >= 15 is 0 Å². The Bertz CT molecular complexity index is 774. The number of carboxylic acid groups (broad SMARTS) is 1. The van der Waals surface area contributed by atoms with Gasteiger partial charge in [0.25, 0.3) is 5.91 Å². The lowest BCUT2D eigenvalue weighted by Gasteiger charge is -2.31. The molecular weight excluding hydrogens is 340 g/mol. The zero-order valence-electron chi connectivity index (χ0n) is 15.7. The number of anilines is 1. The molecule has 0 saturated carbocycles. The van der Waals surface area contributed by atoms with Gasteiger partial charge in [-0.1, -0.05) is 30.3 Å². The number of aliphatic carboxylic acids is 1. The van der Waals surface area contributed by atoms with Gasteiger partial charge < -0.3 is 14.9 Å². The average Bonchev–Trinajstić information content (AvgIpc) is 2.72. The maximum Gasteiger partial charge on any atom is 0.308 e. The zero-order chi connectivity index (χ0) is 19.2. The van der Waals surface area contributed by atoms with E-state index in [2.05, 4.69) is 24.0 Å². The summed E-state index contributed by atoms with van der Waals surface area (Å²) in [6.45, 7) is 4.72. The predicted octanol–water partition coefficient (Wildman–Crippen LogP) is 3.65. The summed E-state index contributed by atoms with van der Waals surface area (Å²) in [4.78, 5) is 27.9. The van der Waals surface area contributed by atoms with E-state index in [0.717, 1.165) is 25.2 Å². The molecular formula is C22H26N2O3. The lowest BCUT2D eigenvalue weighted by molar-refractivity contribution is -0.143. The van der Waals surface area contributed by atoms with Crippen molar-refractivity contribution < 1.29 is 14.7 Å². The van der Waals surface area contributed by atoms with Crippen molar-refractivity contribution in [2.75, 3.05) is 24.5 Å². The first-order valence-electron chi connectivity index (χ1n) is 9.49. The minimum Gasteiger partial charge on any atom is -0.481 e. The van der Waals surface area contributed by atoms with Crippen LogP contribution in [0.3, 0.4) is 0 Å². The molecule has 2 aromatic rings. The van der Waals surface area contributed by atoms with E-state index in [9.17, 15) is 14.7 Å². The second-order valence-electron chi connectivity index (χ2n) is 6.98. The fraction of sp³-hybridized carbons (Fsp3) is 0.364. The molecule has 142 valence electrons. The molecule has 27 heavy (non-hydrogen) atoms. The average molecular weight is 366 g/mol. The fourth-order valence-electron chi connectivity index (χ4n) is 3.55. The third kappa shape index (κ3) is 4.67. The van der Waals surface area contributed by atoms with Crippen LogP contribution in [0.25, 0.3) is 0 Å². The Morgan fingerprint density at radius 2 is 1.81 bits per heavy atom. The van der Waals surface area contributed by atoms with E-state index in [1.807, 2.05) is 42.5 Å². The van der Waals surface area contributed by atoms with Gasteiger partial charge in [-0.15, -0.1) is 0 Å². The number of benzene rings is 2. The normalized spacial score (nSPS) is 16.8. The summed E-state index contributed by atoms with van der Waals surface area (Å²) in [5.74, 6) is -1.36. The monoisotopic (exact) mass is 366 g/mol. The van der Waals surface area contributed by atoms with Crippen molar-refractivity contribution in [3.8, 4) is 0 Å². The molecule has 1 heterocycles. The number of piperidine rings is 1. The van der Waals surface area contributed by atoms with Crippen LogP contribution >= 0.6 is 0 Å². The molecule has 0 radical (unpaired) electrons. The number of carboxylic acids is 1. The molecule has 1 aliphatic rings. The number of rotatable bonds is 6. The van der Waals surface area contributed by atoms with E-state index in [1.165, 1.54) is 5.56 Å². The molecule has 0 aliphatic carbocycles. The van der Waals surface area contributed by atoms with Crippen LogP contribution in [0.5, 0.6) is 0 Å². The highest BCUT2D eigenvalue weighted by molar-refractivity contribution is 5.95. The molecule has 1 N–H and O–H groups in total. The Labute approximate surface area is 160 Å². The predicted molar refractivity (Wildman–Crippen MR) is 106 cm³/mol. The number of carbonyl (C=O) groups is 2. The summed E-state index contributed by atoms with van der Waals surface area (Å²) in [6, 6.07) is 17.9. The summed E-state index contributed by atoms with van der Waals surface area (Å²) in [7, 11) is 0. The van der Waals surface area contributed by atoms with Crippen molar-refractivity contribution in [1.29, 1.82) is 0 Å². The Balaban J connectivity index is 1.68. The van der Waals surface area contributed by atoms with Crippen LogP contribution in [0.1, 0.15) is 35.7 Å². The minimum absolute atomic E-state index is 0.0846. The maximum atomic E-state index is 12.7. The molecule has 0 spiro atoms. The molecule has 5 nitrogen and oxygen atoms in total.